The Morgan fingerprint density at radius 1 is 1.43 bits per heavy atom. The van der Waals surface area contributed by atoms with Crippen LogP contribution in [0.3, 0.4) is 0 Å². The molecular weight excluding hydrogens is 176 g/mol. The third-order valence-corrected chi connectivity index (χ3v) is 2.06. The Labute approximate surface area is 85.3 Å². The molecule has 0 spiro atoms. The Morgan fingerprint density at radius 2 is 2.14 bits per heavy atom. The molecule has 1 aromatic heterocycles. The smallest absolute Gasteiger partial charge is 0.212 e. The van der Waals surface area contributed by atoms with E-state index >= 15 is 0 Å². The number of nitrogens with zero attached hydrogens (tertiary/aromatic N) is 1. The molecule has 0 aliphatic heterocycles. The lowest BCUT2D eigenvalue weighted by Gasteiger charge is -2.17. The molecule has 0 fully saturated rings. The largest absolute Gasteiger partial charge is 0.481 e. The van der Waals surface area contributed by atoms with Crippen LogP contribution in [0.1, 0.15) is 25.8 Å². The minimum Gasteiger partial charge on any atom is -0.481 e. The van der Waals surface area contributed by atoms with Crippen molar-refractivity contribution in [1.82, 2.24) is 4.98 Å². The van der Waals surface area contributed by atoms with Gasteiger partial charge in [-0.15, -0.1) is 0 Å². The predicted molar refractivity (Wildman–Crippen MR) is 57.4 cm³/mol. The number of aromatic nitrogens is 1. The zero-order chi connectivity index (χ0) is 10.6. The summed E-state index contributed by atoms with van der Waals surface area (Å²) >= 11 is 0. The molecule has 0 saturated heterocycles. The number of rotatable bonds is 4. The molecule has 78 valence electrons. The van der Waals surface area contributed by atoms with E-state index < -0.39 is 0 Å². The third-order valence-electron chi connectivity index (χ3n) is 2.06. The van der Waals surface area contributed by atoms with Crippen LogP contribution in [-0.4, -0.2) is 17.6 Å². The Morgan fingerprint density at radius 3 is 2.57 bits per heavy atom. The highest BCUT2D eigenvalue weighted by molar-refractivity contribution is 5.18. The second-order valence-corrected chi connectivity index (χ2v) is 4.20. The monoisotopic (exact) mass is 194 g/mol. The van der Waals surface area contributed by atoms with Crippen LogP contribution < -0.4 is 10.5 Å². The summed E-state index contributed by atoms with van der Waals surface area (Å²) in [5, 5.41) is 0. The predicted octanol–water partition coefficient (Wildman–Crippen LogP) is 1.76. The molecule has 14 heavy (non-hydrogen) atoms. The summed E-state index contributed by atoms with van der Waals surface area (Å²) in [6.45, 7) is 4.06. The fourth-order valence-corrected chi connectivity index (χ4v) is 1.15. The average molecular weight is 194 g/mol. The van der Waals surface area contributed by atoms with E-state index in [0.29, 0.717) is 5.88 Å². The van der Waals surface area contributed by atoms with Gasteiger partial charge in [0, 0.05) is 17.8 Å². The fourth-order valence-electron chi connectivity index (χ4n) is 1.15. The minimum atomic E-state index is -0.111. The Hall–Kier alpha value is -1.09. The second-order valence-electron chi connectivity index (χ2n) is 4.20. The van der Waals surface area contributed by atoms with Gasteiger partial charge >= 0.3 is 0 Å². The number of nitrogens with two attached hydrogens (primary N) is 1. The quantitative estimate of drug-likeness (QED) is 0.794. The maximum Gasteiger partial charge on any atom is 0.212 e. The van der Waals surface area contributed by atoms with Gasteiger partial charge in [-0.3, -0.25) is 0 Å². The van der Waals surface area contributed by atoms with Gasteiger partial charge in [0.05, 0.1) is 7.11 Å². The van der Waals surface area contributed by atoms with Crippen molar-refractivity contribution in [1.29, 1.82) is 0 Å². The Kier molecular flexibility index (Phi) is 3.47. The molecule has 0 aromatic carbocycles. The van der Waals surface area contributed by atoms with E-state index in [9.17, 15) is 0 Å². The zero-order valence-corrected chi connectivity index (χ0v) is 9.08. The molecule has 0 aliphatic carbocycles. The molecule has 0 amide bonds. The molecule has 3 heteroatoms. The van der Waals surface area contributed by atoms with Crippen molar-refractivity contribution in [3.05, 3.63) is 23.9 Å². The molecular formula is C11H18N2O. The Bertz CT molecular complexity index is 274. The topological polar surface area (TPSA) is 48.1 Å². The molecule has 0 bridgehead atoms. The highest BCUT2D eigenvalue weighted by Gasteiger charge is 2.10. The third kappa shape index (κ3) is 3.75. The van der Waals surface area contributed by atoms with Crippen molar-refractivity contribution < 1.29 is 4.74 Å². The van der Waals surface area contributed by atoms with Crippen molar-refractivity contribution in [3.8, 4) is 5.88 Å². The van der Waals surface area contributed by atoms with Crippen LogP contribution in [0.4, 0.5) is 0 Å². The van der Waals surface area contributed by atoms with E-state index in [-0.39, 0.29) is 5.54 Å². The van der Waals surface area contributed by atoms with Crippen molar-refractivity contribution in [2.45, 2.75) is 32.2 Å². The highest BCUT2D eigenvalue weighted by Crippen LogP contribution is 2.12. The summed E-state index contributed by atoms with van der Waals surface area (Å²) in [5.41, 5.74) is 6.98. The van der Waals surface area contributed by atoms with Crippen LogP contribution in [0.15, 0.2) is 18.3 Å². The maximum atomic E-state index is 5.89. The number of hydrogen-bond donors (Lipinski definition) is 1. The van der Waals surface area contributed by atoms with Crippen molar-refractivity contribution in [2.24, 2.45) is 5.73 Å². The second kappa shape index (κ2) is 4.42. The van der Waals surface area contributed by atoms with Gasteiger partial charge in [0.25, 0.3) is 0 Å². The minimum absolute atomic E-state index is 0.111. The molecule has 0 radical (unpaired) electrons. The average Bonchev–Trinajstić information content (AvgIpc) is 2.14. The molecule has 2 N–H and O–H groups in total. The van der Waals surface area contributed by atoms with Gasteiger partial charge in [-0.2, -0.15) is 0 Å². The lowest BCUT2D eigenvalue weighted by Crippen LogP contribution is -2.32. The first kappa shape index (κ1) is 11.0. The van der Waals surface area contributed by atoms with E-state index in [1.807, 2.05) is 32.2 Å². The highest BCUT2D eigenvalue weighted by atomic mass is 16.5. The summed E-state index contributed by atoms with van der Waals surface area (Å²) < 4.78 is 4.98. The lowest BCUT2D eigenvalue weighted by molar-refractivity contribution is 0.397. The fraction of sp³-hybridized carbons (Fsp3) is 0.545. The molecule has 1 aromatic rings. The van der Waals surface area contributed by atoms with Gasteiger partial charge in [0.1, 0.15) is 0 Å². The molecule has 0 aliphatic rings. The van der Waals surface area contributed by atoms with Crippen LogP contribution in [0.5, 0.6) is 5.88 Å². The summed E-state index contributed by atoms with van der Waals surface area (Å²) in [7, 11) is 1.62. The lowest BCUT2D eigenvalue weighted by atomic mass is 9.97. The van der Waals surface area contributed by atoms with Crippen LogP contribution in [0.25, 0.3) is 0 Å². The summed E-state index contributed by atoms with van der Waals surface area (Å²) in [4.78, 5) is 4.13. The van der Waals surface area contributed by atoms with Gasteiger partial charge in [-0.25, -0.2) is 4.98 Å². The Balaban J connectivity index is 2.52. The number of ether oxygens (including phenoxy) is 1. The van der Waals surface area contributed by atoms with Crippen LogP contribution in [0, 0.1) is 0 Å². The van der Waals surface area contributed by atoms with Crippen molar-refractivity contribution in [3.63, 3.8) is 0 Å². The number of pyridine rings is 1. The number of methoxy groups -OCH3 is 1. The van der Waals surface area contributed by atoms with Gasteiger partial charge in [-0.05, 0) is 32.3 Å². The van der Waals surface area contributed by atoms with E-state index in [4.69, 9.17) is 10.5 Å². The first-order valence-electron chi connectivity index (χ1n) is 4.79. The standard InChI is InChI=1S/C11H18N2O/c1-11(2,12)7-6-9-4-5-10(14-3)13-8-9/h4-5,8H,6-7,12H2,1-3H3. The SMILES string of the molecule is COc1ccc(CCC(C)(C)N)cn1. The normalized spacial score (nSPS) is 11.4. The van der Waals surface area contributed by atoms with Gasteiger partial charge in [0.2, 0.25) is 5.88 Å². The molecule has 0 unspecified atom stereocenters. The van der Waals surface area contributed by atoms with E-state index in [1.54, 1.807) is 7.11 Å². The maximum absolute atomic E-state index is 5.89. The molecule has 1 heterocycles. The first-order valence-corrected chi connectivity index (χ1v) is 4.79. The van der Waals surface area contributed by atoms with Crippen LogP contribution in [0.2, 0.25) is 0 Å². The molecule has 0 saturated carbocycles. The molecule has 0 atom stereocenters. The molecule has 3 nitrogen and oxygen atoms in total. The van der Waals surface area contributed by atoms with Gasteiger partial charge < -0.3 is 10.5 Å². The van der Waals surface area contributed by atoms with Gasteiger partial charge in [-0.1, -0.05) is 6.07 Å². The zero-order valence-electron chi connectivity index (χ0n) is 9.08. The van der Waals surface area contributed by atoms with Crippen LogP contribution >= 0.6 is 0 Å². The van der Waals surface area contributed by atoms with Crippen molar-refractivity contribution in [2.75, 3.05) is 7.11 Å². The van der Waals surface area contributed by atoms with E-state index in [1.165, 1.54) is 5.56 Å². The summed E-state index contributed by atoms with van der Waals surface area (Å²) in [5.74, 6) is 0.653. The first-order chi connectivity index (χ1) is 6.51. The summed E-state index contributed by atoms with van der Waals surface area (Å²) in [6, 6.07) is 3.90. The van der Waals surface area contributed by atoms with E-state index in [0.717, 1.165) is 12.8 Å². The van der Waals surface area contributed by atoms with Crippen molar-refractivity contribution >= 4 is 0 Å². The summed E-state index contributed by atoms with van der Waals surface area (Å²) in [6.07, 6.45) is 3.76. The van der Waals surface area contributed by atoms with Gasteiger partial charge in [0.15, 0.2) is 0 Å². The number of aryl methyl sites for hydroxylation is 1. The number of hydrogen-bond acceptors (Lipinski definition) is 3. The van der Waals surface area contributed by atoms with E-state index in [2.05, 4.69) is 4.98 Å². The molecule has 1 rings (SSSR count). The van der Waals surface area contributed by atoms with Crippen LogP contribution in [-0.2, 0) is 6.42 Å².